The second-order valence-corrected chi connectivity index (χ2v) is 3.69. The number of aliphatic imine (C=N–C) groups is 1. The highest BCUT2D eigenvalue weighted by Crippen LogP contribution is 2.08. The van der Waals surface area contributed by atoms with Gasteiger partial charge in [-0.2, -0.15) is 0 Å². The quantitative estimate of drug-likeness (QED) is 0.640. The minimum Gasteiger partial charge on any atom is -0.377 e. The van der Waals surface area contributed by atoms with Crippen molar-refractivity contribution in [1.29, 1.82) is 0 Å². The first-order valence-corrected chi connectivity index (χ1v) is 4.75. The molecule has 3 nitrogen and oxygen atoms in total. The third-order valence-electron chi connectivity index (χ3n) is 2.24. The van der Waals surface area contributed by atoms with Gasteiger partial charge in [-0.1, -0.05) is 0 Å². The Balaban J connectivity index is 2.33. The first kappa shape index (κ1) is 10.3. The third-order valence-corrected chi connectivity index (χ3v) is 2.24. The molecule has 0 aromatic carbocycles. The lowest BCUT2D eigenvalue weighted by Gasteiger charge is -2.24. The van der Waals surface area contributed by atoms with Crippen molar-refractivity contribution in [2.24, 2.45) is 4.99 Å². The zero-order valence-electron chi connectivity index (χ0n) is 8.82. The van der Waals surface area contributed by atoms with Gasteiger partial charge >= 0.3 is 0 Å². The van der Waals surface area contributed by atoms with Crippen LogP contribution in [0.2, 0.25) is 0 Å². The van der Waals surface area contributed by atoms with Gasteiger partial charge in [0.05, 0.1) is 0 Å². The fraction of sp³-hybridized carbons (Fsp3) is 0.700. The van der Waals surface area contributed by atoms with Crippen LogP contribution in [0.1, 0.15) is 6.42 Å². The maximum absolute atomic E-state index is 4.17. The van der Waals surface area contributed by atoms with Gasteiger partial charge in [-0.15, -0.1) is 0 Å². The molecule has 3 heteroatoms. The van der Waals surface area contributed by atoms with Gasteiger partial charge in [0.25, 0.3) is 0 Å². The van der Waals surface area contributed by atoms with Crippen molar-refractivity contribution in [1.82, 2.24) is 9.80 Å². The van der Waals surface area contributed by atoms with Crippen molar-refractivity contribution in [3.8, 4) is 0 Å². The highest BCUT2D eigenvalue weighted by atomic mass is 15.2. The minimum atomic E-state index is 0.943. The molecule has 0 amide bonds. The van der Waals surface area contributed by atoms with Crippen LogP contribution in [-0.4, -0.2) is 56.8 Å². The summed E-state index contributed by atoms with van der Waals surface area (Å²) in [5.41, 5.74) is 1.40. The monoisotopic (exact) mass is 181 g/mol. The largest absolute Gasteiger partial charge is 0.377 e. The van der Waals surface area contributed by atoms with Gasteiger partial charge in [-0.25, -0.2) is 0 Å². The van der Waals surface area contributed by atoms with Crippen molar-refractivity contribution >= 4 is 6.21 Å². The summed E-state index contributed by atoms with van der Waals surface area (Å²) >= 11 is 0. The van der Waals surface area contributed by atoms with E-state index in [1.165, 1.54) is 5.70 Å². The Morgan fingerprint density at radius 1 is 1.31 bits per heavy atom. The standard InChI is InChI=1S/C10H19N3/c1-12(2)8-9-13(3)10-4-6-11-7-5-10/h4,6H,5,7-9H2,1-3H3. The molecule has 0 fully saturated rings. The van der Waals surface area contributed by atoms with E-state index in [1.807, 2.05) is 6.21 Å². The maximum atomic E-state index is 4.17. The molecule has 1 heterocycles. The van der Waals surface area contributed by atoms with Gasteiger partial charge in [-0.05, 0) is 20.2 Å². The first-order chi connectivity index (χ1) is 6.20. The number of allylic oxidation sites excluding steroid dienone is 1. The molecular formula is C10H19N3. The summed E-state index contributed by atoms with van der Waals surface area (Å²) in [7, 11) is 6.35. The third kappa shape index (κ3) is 3.59. The van der Waals surface area contributed by atoms with Crippen LogP contribution in [0.3, 0.4) is 0 Å². The molecule has 1 aliphatic heterocycles. The van der Waals surface area contributed by atoms with Crippen LogP contribution in [-0.2, 0) is 0 Å². The van der Waals surface area contributed by atoms with E-state index >= 15 is 0 Å². The van der Waals surface area contributed by atoms with Gasteiger partial charge in [0, 0.05) is 45.0 Å². The predicted octanol–water partition coefficient (Wildman–Crippen LogP) is 0.838. The normalized spacial score (nSPS) is 16.2. The highest BCUT2D eigenvalue weighted by molar-refractivity contribution is 5.72. The molecule has 0 unspecified atom stereocenters. The maximum Gasteiger partial charge on any atom is 0.0443 e. The number of hydrogen-bond donors (Lipinski definition) is 0. The Kier molecular flexibility index (Phi) is 3.96. The van der Waals surface area contributed by atoms with Crippen molar-refractivity contribution in [2.45, 2.75) is 6.42 Å². The molecule has 0 aromatic heterocycles. The van der Waals surface area contributed by atoms with Crippen LogP contribution in [0.5, 0.6) is 0 Å². The molecule has 0 aliphatic carbocycles. The fourth-order valence-electron chi connectivity index (χ4n) is 1.29. The number of likely N-dealkylation sites (N-methyl/N-ethyl adjacent to an activating group) is 2. The molecule has 0 bridgehead atoms. The highest BCUT2D eigenvalue weighted by Gasteiger charge is 2.05. The minimum absolute atomic E-state index is 0.943. The summed E-state index contributed by atoms with van der Waals surface area (Å²) in [5, 5.41) is 0. The number of nitrogens with zero attached hydrogens (tertiary/aromatic N) is 3. The van der Waals surface area contributed by atoms with Crippen LogP contribution in [0, 0.1) is 0 Å². The van der Waals surface area contributed by atoms with E-state index in [0.717, 1.165) is 26.1 Å². The Morgan fingerprint density at radius 2 is 2.08 bits per heavy atom. The predicted molar refractivity (Wildman–Crippen MR) is 57.2 cm³/mol. The summed E-state index contributed by atoms with van der Waals surface area (Å²) in [4.78, 5) is 8.68. The zero-order chi connectivity index (χ0) is 9.68. The lowest BCUT2D eigenvalue weighted by Crippen LogP contribution is -2.29. The van der Waals surface area contributed by atoms with Crippen LogP contribution >= 0.6 is 0 Å². The van der Waals surface area contributed by atoms with Crippen molar-refractivity contribution in [2.75, 3.05) is 40.8 Å². The Bertz CT molecular complexity index is 206. The average Bonchev–Trinajstić information content (AvgIpc) is 2.15. The van der Waals surface area contributed by atoms with Crippen LogP contribution < -0.4 is 0 Å². The molecule has 0 spiro atoms. The smallest absolute Gasteiger partial charge is 0.0443 e. The molecular weight excluding hydrogens is 162 g/mol. The summed E-state index contributed by atoms with van der Waals surface area (Å²) in [6, 6.07) is 0. The van der Waals surface area contributed by atoms with Crippen LogP contribution in [0.4, 0.5) is 0 Å². The topological polar surface area (TPSA) is 18.8 Å². The van der Waals surface area contributed by atoms with E-state index in [-0.39, 0.29) is 0 Å². The molecule has 1 aliphatic rings. The van der Waals surface area contributed by atoms with Crippen LogP contribution in [0.25, 0.3) is 0 Å². The van der Waals surface area contributed by atoms with Crippen molar-refractivity contribution < 1.29 is 0 Å². The molecule has 1 rings (SSSR count). The van der Waals surface area contributed by atoms with E-state index in [0.29, 0.717) is 0 Å². The van der Waals surface area contributed by atoms with E-state index in [2.05, 4.69) is 42.0 Å². The fourth-order valence-corrected chi connectivity index (χ4v) is 1.29. The van der Waals surface area contributed by atoms with Crippen molar-refractivity contribution in [3.63, 3.8) is 0 Å². The second kappa shape index (κ2) is 5.02. The van der Waals surface area contributed by atoms with E-state index < -0.39 is 0 Å². The van der Waals surface area contributed by atoms with E-state index in [9.17, 15) is 0 Å². The molecule has 74 valence electrons. The molecule has 0 atom stereocenters. The molecule has 0 saturated carbocycles. The Labute approximate surface area is 80.7 Å². The molecule has 13 heavy (non-hydrogen) atoms. The molecule has 0 saturated heterocycles. The number of hydrogen-bond acceptors (Lipinski definition) is 3. The summed E-state index contributed by atoms with van der Waals surface area (Å²) in [5.74, 6) is 0. The van der Waals surface area contributed by atoms with E-state index in [4.69, 9.17) is 0 Å². The summed E-state index contributed by atoms with van der Waals surface area (Å²) < 4.78 is 0. The van der Waals surface area contributed by atoms with Gasteiger partial charge in [0.1, 0.15) is 0 Å². The second-order valence-electron chi connectivity index (χ2n) is 3.69. The first-order valence-electron chi connectivity index (χ1n) is 4.75. The lowest BCUT2D eigenvalue weighted by atomic mass is 10.2. The van der Waals surface area contributed by atoms with Gasteiger partial charge in [0.2, 0.25) is 0 Å². The Morgan fingerprint density at radius 3 is 2.62 bits per heavy atom. The lowest BCUT2D eigenvalue weighted by molar-refractivity contribution is 0.320. The van der Waals surface area contributed by atoms with Gasteiger partial charge in [-0.3, -0.25) is 4.99 Å². The molecule has 0 aromatic rings. The van der Waals surface area contributed by atoms with Gasteiger partial charge < -0.3 is 9.80 Å². The summed E-state index contributed by atoms with van der Waals surface area (Å²) in [6.45, 7) is 3.13. The summed E-state index contributed by atoms with van der Waals surface area (Å²) in [6.07, 6.45) is 5.10. The average molecular weight is 181 g/mol. The SMILES string of the molecule is CN(C)CCN(C)C1=CC=NCC1. The zero-order valence-corrected chi connectivity index (χ0v) is 8.82. The molecule has 0 radical (unpaired) electrons. The van der Waals surface area contributed by atoms with Crippen LogP contribution in [0.15, 0.2) is 16.8 Å². The Hall–Kier alpha value is -0.830. The van der Waals surface area contributed by atoms with Crippen molar-refractivity contribution in [3.05, 3.63) is 11.8 Å². The molecule has 0 N–H and O–H groups in total. The van der Waals surface area contributed by atoms with Gasteiger partial charge in [0.15, 0.2) is 0 Å². The number of dihydropyridines is 1. The van der Waals surface area contributed by atoms with E-state index in [1.54, 1.807) is 0 Å². The number of rotatable bonds is 4.